The molecule has 1 aromatic carbocycles. The van der Waals surface area contributed by atoms with Crippen LogP contribution in [0.15, 0.2) is 23.1 Å². The third kappa shape index (κ3) is 2.89. The quantitative estimate of drug-likeness (QED) is 0.841. The second-order valence-corrected chi connectivity index (χ2v) is 6.70. The molecule has 1 saturated heterocycles. The number of rotatable bonds is 4. The molecule has 0 radical (unpaired) electrons. The van der Waals surface area contributed by atoms with Gasteiger partial charge in [0.15, 0.2) is 0 Å². The minimum atomic E-state index is -3.54. The first-order chi connectivity index (χ1) is 9.48. The van der Waals surface area contributed by atoms with E-state index >= 15 is 0 Å². The van der Waals surface area contributed by atoms with Gasteiger partial charge in [-0.15, -0.1) is 0 Å². The molecule has 2 N–H and O–H groups in total. The number of nitrogens with two attached hydrogens (primary N) is 1. The Hall–Kier alpha value is -1.31. The molecule has 1 aliphatic rings. The van der Waals surface area contributed by atoms with Crippen LogP contribution in [0.3, 0.4) is 0 Å². The van der Waals surface area contributed by atoms with Crippen molar-refractivity contribution >= 4 is 15.7 Å². The maximum absolute atomic E-state index is 12.6. The van der Waals surface area contributed by atoms with E-state index in [2.05, 4.69) is 0 Å². The van der Waals surface area contributed by atoms with E-state index in [0.29, 0.717) is 24.5 Å². The van der Waals surface area contributed by atoms with Crippen molar-refractivity contribution in [2.45, 2.75) is 23.8 Å². The molecule has 1 aromatic rings. The molecule has 1 unspecified atom stereocenters. The van der Waals surface area contributed by atoms with Crippen LogP contribution >= 0.6 is 0 Å². The molecular formula is C13H20N2O4S. The van der Waals surface area contributed by atoms with Gasteiger partial charge in [-0.05, 0) is 25.0 Å². The van der Waals surface area contributed by atoms with Gasteiger partial charge in [0.1, 0.15) is 5.75 Å². The Morgan fingerprint density at radius 1 is 1.35 bits per heavy atom. The lowest BCUT2D eigenvalue weighted by molar-refractivity contribution is 0.0572. The van der Waals surface area contributed by atoms with Crippen molar-refractivity contribution < 1.29 is 17.9 Å². The molecule has 0 spiro atoms. The van der Waals surface area contributed by atoms with E-state index in [4.69, 9.17) is 15.2 Å². The molecule has 20 heavy (non-hydrogen) atoms. The van der Waals surface area contributed by atoms with Gasteiger partial charge >= 0.3 is 0 Å². The molecule has 1 aliphatic heterocycles. The molecule has 0 aromatic heterocycles. The first-order valence-corrected chi connectivity index (χ1v) is 7.89. The number of ether oxygens (including phenoxy) is 2. The molecule has 0 saturated carbocycles. The molecule has 6 nitrogen and oxygen atoms in total. The summed E-state index contributed by atoms with van der Waals surface area (Å²) in [5, 5.41) is 0. The molecule has 1 fully saturated rings. The number of nitrogen functional groups attached to an aromatic ring is 1. The number of nitrogens with zero attached hydrogens (tertiary/aromatic N) is 1. The smallest absolute Gasteiger partial charge is 0.243 e. The monoisotopic (exact) mass is 300 g/mol. The van der Waals surface area contributed by atoms with E-state index in [1.165, 1.54) is 23.5 Å². The first-order valence-electron chi connectivity index (χ1n) is 6.45. The second-order valence-electron chi connectivity index (χ2n) is 4.77. The standard InChI is InChI=1S/C13H20N2O4S/c1-18-10-4-3-7-15(9-10)20(16,17)11-5-6-12(14)13(8-11)19-2/h5-6,8,10H,3-4,7,9,14H2,1-2H3. The fourth-order valence-electron chi connectivity index (χ4n) is 2.32. The molecule has 1 heterocycles. The highest BCUT2D eigenvalue weighted by molar-refractivity contribution is 7.89. The minimum absolute atomic E-state index is 0.0470. The summed E-state index contributed by atoms with van der Waals surface area (Å²) < 4.78 is 37.0. The van der Waals surface area contributed by atoms with Crippen LogP contribution in [-0.2, 0) is 14.8 Å². The van der Waals surface area contributed by atoms with E-state index in [1.807, 2.05) is 0 Å². The van der Waals surface area contributed by atoms with Crippen LogP contribution in [-0.4, -0.2) is 46.1 Å². The number of hydrogen-bond acceptors (Lipinski definition) is 5. The van der Waals surface area contributed by atoms with Gasteiger partial charge in [-0.25, -0.2) is 8.42 Å². The van der Waals surface area contributed by atoms with E-state index in [9.17, 15) is 8.42 Å². The summed E-state index contributed by atoms with van der Waals surface area (Å²) in [6.07, 6.45) is 1.63. The second kappa shape index (κ2) is 5.99. The number of sulfonamides is 1. The van der Waals surface area contributed by atoms with Crippen molar-refractivity contribution in [3.05, 3.63) is 18.2 Å². The topological polar surface area (TPSA) is 81.9 Å². The van der Waals surface area contributed by atoms with Crippen molar-refractivity contribution in [3.63, 3.8) is 0 Å². The van der Waals surface area contributed by atoms with Crippen molar-refractivity contribution in [1.82, 2.24) is 4.31 Å². The third-order valence-corrected chi connectivity index (χ3v) is 5.38. The molecule has 0 amide bonds. The fourth-order valence-corrected chi connectivity index (χ4v) is 3.84. The van der Waals surface area contributed by atoms with E-state index < -0.39 is 10.0 Å². The predicted molar refractivity (Wildman–Crippen MR) is 76.2 cm³/mol. The highest BCUT2D eigenvalue weighted by atomic mass is 32.2. The van der Waals surface area contributed by atoms with Crippen LogP contribution in [0.2, 0.25) is 0 Å². The maximum Gasteiger partial charge on any atom is 0.243 e. The summed E-state index contributed by atoms with van der Waals surface area (Å²) in [7, 11) is -0.470. The van der Waals surface area contributed by atoms with E-state index in [0.717, 1.165) is 12.8 Å². The van der Waals surface area contributed by atoms with Crippen molar-refractivity contribution in [3.8, 4) is 5.75 Å². The van der Waals surface area contributed by atoms with Gasteiger partial charge in [0.05, 0.1) is 23.8 Å². The number of anilines is 1. The number of piperidine rings is 1. The van der Waals surface area contributed by atoms with Crippen LogP contribution in [0.5, 0.6) is 5.75 Å². The van der Waals surface area contributed by atoms with E-state index in [-0.39, 0.29) is 11.0 Å². The molecule has 0 aliphatic carbocycles. The lowest BCUT2D eigenvalue weighted by atomic mass is 10.1. The van der Waals surface area contributed by atoms with Gasteiger partial charge in [-0.1, -0.05) is 0 Å². The Morgan fingerprint density at radius 3 is 2.75 bits per heavy atom. The Labute approximate surface area is 119 Å². The van der Waals surface area contributed by atoms with Crippen LogP contribution in [0.25, 0.3) is 0 Å². The van der Waals surface area contributed by atoms with Crippen molar-refractivity contribution in [2.24, 2.45) is 0 Å². The lowest BCUT2D eigenvalue weighted by Gasteiger charge is -2.31. The van der Waals surface area contributed by atoms with Gasteiger partial charge in [-0.2, -0.15) is 4.31 Å². The minimum Gasteiger partial charge on any atom is -0.495 e. The Balaban J connectivity index is 2.30. The summed E-state index contributed by atoms with van der Waals surface area (Å²) in [5.74, 6) is 0.367. The Bertz CT molecular complexity index is 574. The largest absolute Gasteiger partial charge is 0.495 e. The summed E-state index contributed by atoms with van der Waals surface area (Å²) in [4.78, 5) is 0.195. The van der Waals surface area contributed by atoms with Crippen molar-refractivity contribution in [1.29, 1.82) is 0 Å². The summed E-state index contributed by atoms with van der Waals surface area (Å²) in [6.45, 7) is 0.889. The molecular weight excluding hydrogens is 280 g/mol. The van der Waals surface area contributed by atoms with Crippen LogP contribution in [0.1, 0.15) is 12.8 Å². The van der Waals surface area contributed by atoms with Crippen LogP contribution < -0.4 is 10.5 Å². The highest BCUT2D eigenvalue weighted by Crippen LogP contribution is 2.28. The lowest BCUT2D eigenvalue weighted by Crippen LogP contribution is -2.42. The molecule has 7 heteroatoms. The van der Waals surface area contributed by atoms with E-state index in [1.54, 1.807) is 13.2 Å². The normalized spacial score (nSPS) is 20.8. The van der Waals surface area contributed by atoms with Gasteiger partial charge in [0.2, 0.25) is 10.0 Å². The molecule has 1 atom stereocenters. The highest BCUT2D eigenvalue weighted by Gasteiger charge is 2.30. The molecule has 2 rings (SSSR count). The zero-order chi connectivity index (χ0) is 14.8. The average Bonchev–Trinajstić information content (AvgIpc) is 2.47. The maximum atomic E-state index is 12.6. The summed E-state index contributed by atoms with van der Waals surface area (Å²) in [6, 6.07) is 4.51. The number of methoxy groups -OCH3 is 2. The van der Waals surface area contributed by atoms with Gasteiger partial charge < -0.3 is 15.2 Å². The fraction of sp³-hybridized carbons (Fsp3) is 0.538. The zero-order valence-electron chi connectivity index (χ0n) is 11.7. The third-order valence-electron chi connectivity index (χ3n) is 3.52. The Kier molecular flexibility index (Phi) is 4.52. The SMILES string of the molecule is COc1cc(S(=O)(=O)N2CCCC(OC)C2)ccc1N. The summed E-state index contributed by atoms with van der Waals surface area (Å²) in [5.41, 5.74) is 6.13. The Morgan fingerprint density at radius 2 is 2.10 bits per heavy atom. The van der Waals surface area contributed by atoms with Crippen LogP contribution in [0.4, 0.5) is 5.69 Å². The van der Waals surface area contributed by atoms with Gasteiger partial charge in [0.25, 0.3) is 0 Å². The molecule has 112 valence electrons. The number of benzene rings is 1. The van der Waals surface area contributed by atoms with Gasteiger partial charge in [-0.3, -0.25) is 0 Å². The average molecular weight is 300 g/mol. The zero-order valence-corrected chi connectivity index (χ0v) is 12.5. The van der Waals surface area contributed by atoms with Crippen LogP contribution in [0, 0.1) is 0 Å². The summed E-state index contributed by atoms with van der Waals surface area (Å²) >= 11 is 0. The molecule has 0 bridgehead atoms. The van der Waals surface area contributed by atoms with Crippen molar-refractivity contribution in [2.75, 3.05) is 33.0 Å². The van der Waals surface area contributed by atoms with Gasteiger partial charge in [0, 0.05) is 26.3 Å². The first kappa shape index (κ1) is 15.1. The number of hydrogen-bond donors (Lipinski definition) is 1. The predicted octanol–water partition coefficient (Wildman–Crippen LogP) is 1.08.